The molecule has 0 aliphatic carbocycles. The normalized spacial score (nSPS) is 10.1. The van der Waals surface area contributed by atoms with Crippen LogP contribution in [0.15, 0.2) is 48.7 Å². The molecule has 2 rings (SSSR count). The summed E-state index contributed by atoms with van der Waals surface area (Å²) < 4.78 is 0. The molecule has 4 heteroatoms. The molecule has 0 bridgehead atoms. The summed E-state index contributed by atoms with van der Waals surface area (Å²) in [6.45, 7) is 0. The molecular weight excluding hydrogens is 292 g/mol. The van der Waals surface area contributed by atoms with Gasteiger partial charge < -0.3 is 5.32 Å². The summed E-state index contributed by atoms with van der Waals surface area (Å²) in [6, 6.07) is 13.1. The van der Waals surface area contributed by atoms with Gasteiger partial charge in [0.05, 0.1) is 0 Å². The number of nitrogens with one attached hydrogen (secondary N) is 1. The predicted octanol–water partition coefficient (Wildman–Crippen LogP) is 3.27. The second-order valence-electron chi connectivity index (χ2n) is 3.81. The lowest BCUT2D eigenvalue weighted by Gasteiger charge is -2.05. The fourth-order valence-corrected chi connectivity index (χ4v) is 2.01. The van der Waals surface area contributed by atoms with Crippen molar-refractivity contribution in [2.24, 2.45) is 0 Å². The molecule has 1 aromatic carbocycles. The third kappa shape index (κ3) is 3.40. The monoisotopic (exact) mass is 304 g/mol. The fourth-order valence-electron chi connectivity index (χ4n) is 1.56. The van der Waals surface area contributed by atoms with Crippen molar-refractivity contribution in [1.82, 2.24) is 4.98 Å². The van der Waals surface area contributed by atoms with Crippen LogP contribution in [0.5, 0.6) is 0 Å². The zero-order chi connectivity index (χ0) is 12.8. The molecule has 0 radical (unpaired) electrons. The van der Waals surface area contributed by atoms with E-state index in [4.69, 9.17) is 0 Å². The number of pyridine rings is 1. The van der Waals surface area contributed by atoms with Crippen molar-refractivity contribution < 1.29 is 4.79 Å². The lowest BCUT2D eigenvalue weighted by Crippen LogP contribution is -2.13. The number of carbonyl (C=O) groups is 1. The standard InChI is InChI=1S/C14H13BrN2O/c15-9-8-11-4-6-12(7-5-11)17-14(18)13-3-1-2-10-16-13/h1-7,10H,8-9H2,(H,17,18). The number of aryl methyl sites for hydroxylation is 1. The molecule has 0 saturated heterocycles. The number of halogens is 1. The molecule has 0 spiro atoms. The Kier molecular flexibility index (Phi) is 4.47. The lowest BCUT2D eigenvalue weighted by atomic mass is 10.1. The number of amides is 1. The van der Waals surface area contributed by atoms with Gasteiger partial charge in [-0.25, -0.2) is 0 Å². The van der Waals surface area contributed by atoms with E-state index in [0.717, 1.165) is 17.4 Å². The van der Waals surface area contributed by atoms with Crippen molar-refractivity contribution in [2.75, 3.05) is 10.6 Å². The number of aromatic nitrogens is 1. The molecule has 0 aliphatic rings. The summed E-state index contributed by atoms with van der Waals surface area (Å²) >= 11 is 3.40. The number of hydrogen-bond donors (Lipinski definition) is 1. The molecule has 0 saturated carbocycles. The number of anilines is 1. The van der Waals surface area contributed by atoms with E-state index in [0.29, 0.717) is 5.69 Å². The van der Waals surface area contributed by atoms with Crippen LogP contribution in [0.3, 0.4) is 0 Å². The highest BCUT2D eigenvalue weighted by Gasteiger charge is 2.06. The van der Waals surface area contributed by atoms with Crippen LogP contribution in [0.25, 0.3) is 0 Å². The number of benzene rings is 1. The van der Waals surface area contributed by atoms with Gasteiger partial charge in [-0.15, -0.1) is 0 Å². The Hall–Kier alpha value is -1.68. The van der Waals surface area contributed by atoms with Gasteiger partial charge in [0.15, 0.2) is 0 Å². The van der Waals surface area contributed by atoms with Gasteiger partial charge in [-0.3, -0.25) is 9.78 Å². The fraction of sp³-hybridized carbons (Fsp3) is 0.143. The zero-order valence-electron chi connectivity index (χ0n) is 9.77. The molecule has 3 nitrogen and oxygen atoms in total. The highest BCUT2D eigenvalue weighted by atomic mass is 79.9. The number of hydrogen-bond acceptors (Lipinski definition) is 2. The maximum absolute atomic E-state index is 11.8. The molecule has 0 aliphatic heterocycles. The van der Waals surface area contributed by atoms with Gasteiger partial charge in [0.25, 0.3) is 5.91 Å². The summed E-state index contributed by atoms with van der Waals surface area (Å²) in [4.78, 5) is 15.8. The van der Waals surface area contributed by atoms with E-state index in [1.807, 2.05) is 24.3 Å². The maximum atomic E-state index is 11.8. The topological polar surface area (TPSA) is 42.0 Å². The van der Waals surface area contributed by atoms with E-state index in [2.05, 4.69) is 26.2 Å². The van der Waals surface area contributed by atoms with Gasteiger partial charge in [-0.05, 0) is 36.2 Å². The van der Waals surface area contributed by atoms with Crippen LogP contribution in [0, 0.1) is 0 Å². The van der Waals surface area contributed by atoms with Gasteiger partial charge in [-0.1, -0.05) is 34.1 Å². The van der Waals surface area contributed by atoms with Gasteiger partial charge in [0.1, 0.15) is 5.69 Å². The SMILES string of the molecule is O=C(Nc1ccc(CCBr)cc1)c1ccccn1. The predicted molar refractivity (Wildman–Crippen MR) is 76.1 cm³/mol. The maximum Gasteiger partial charge on any atom is 0.274 e. The van der Waals surface area contributed by atoms with Crippen molar-refractivity contribution >= 4 is 27.5 Å². The molecule has 1 N–H and O–H groups in total. The van der Waals surface area contributed by atoms with E-state index in [1.54, 1.807) is 24.4 Å². The largest absolute Gasteiger partial charge is 0.321 e. The minimum Gasteiger partial charge on any atom is -0.321 e. The van der Waals surface area contributed by atoms with Gasteiger partial charge in [0.2, 0.25) is 0 Å². The summed E-state index contributed by atoms with van der Waals surface area (Å²) in [5.74, 6) is -0.191. The van der Waals surface area contributed by atoms with Crippen LogP contribution in [-0.4, -0.2) is 16.2 Å². The van der Waals surface area contributed by atoms with E-state index in [1.165, 1.54) is 5.56 Å². The molecule has 1 amide bonds. The molecular formula is C14H13BrN2O. The van der Waals surface area contributed by atoms with Crippen LogP contribution in [0.4, 0.5) is 5.69 Å². The average molecular weight is 305 g/mol. The van der Waals surface area contributed by atoms with Crippen LogP contribution >= 0.6 is 15.9 Å². The third-order valence-electron chi connectivity index (χ3n) is 2.49. The highest BCUT2D eigenvalue weighted by molar-refractivity contribution is 9.09. The first kappa shape index (κ1) is 12.8. The number of rotatable bonds is 4. The van der Waals surface area contributed by atoms with Crippen LogP contribution < -0.4 is 5.32 Å². The molecule has 18 heavy (non-hydrogen) atoms. The quantitative estimate of drug-likeness (QED) is 0.881. The Balaban J connectivity index is 2.03. The lowest BCUT2D eigenvalue weighted by molar-refractivity contribution is 0.102. The first-order chi connectivity index (χ1) is 8.79. The zero-order valence-corrected chi connectivity index (χ0v) is 11.4. The Morgan fingerprint density at radius 2 is 1.94 bits per heavy atom. The minimum atomic E-state index is -0.191. The van der Waals surface area contributed by atoms with Gasteiger partial charge >= 0.3 is 0 Å². The molecule has 0 atom stereocenters. The second-order valence-corrected chi connectivity index (χ2v) is 4.60. The summed E-state index contributed by atoms with van der Waals surface area (Å²) in [6.07, 6.45) is 2.59. The summed E-state index contributed by atoms with van der Waals surface area (Å²) in [7, 11) is 0. The Labute approximate surface area is 114 Å². The average Bonchev–Trinajstić information content (AvgIpc) is 2.42. The van der Waals surface area contributed by atoms with Crippen LogP contribution in [0.1, 0.15) is 16.1 Å². The van der Waals surface area contributed by atoms with Crippen LogP contribution in [-0.2, 0) is 6.42 Å². The van der Waals surface area contributed by atoms with Crippen molar-refractivity contribution in [1.29, 1.82) is 0 Å². The molecule has 0 unspecified atom stereocenters. The van der Waals surface area contributed by atoms with E-state index in [9.17, 15) is 4.79 Å². The molecule has 1 heterocycles. The molecule has 2 aromatic rings. The van der Waals surface area contributed by atoms with Gasteiger partial charge in [0, 0.05) is 17.2 Å². The van der Waals surface area contributed by atoms with Crippen molar-refractivity contribution in [3.05, 3.63) is 59.9 Å². The first-order valence-corrected chi connectivity index (χ1v) is 6.79. The molecule has 0 fully saturated rings. The third-order valence-corrected chi connectivity index (χ3v) is 2.89. The smallest absolute Gasteiger partial charge is 0.274 e. The second kappa shape index (κ2) is 6.31. The molecule has 1 aromatic heterocycles. The van der Waals surface area contributed by atoms with E-state index in [-0.39, 0.29) is 5.91 Å². The number of nitrogens with zero attached hydrogens (tertiary/aromatic N) is 1. The highest BCUT2D eigenvalue weighted by Crippen LogP contribution is 2.11. The first-order valence-electron chi connectivity index (χ1n) is 5.67. The number of carbonyl (C=O) groups excluding carboxylic acids is 1. The Morgan fingerprint density at radius 1 is 1.17 bits per heavy atom. The minimum absolute atomic E-state index is 0.191. The van der Waals surface area contributed by atoms with E-state index >= 15 is 0 Å². The number of alkyl halides is 1. The van der Waals surface area contributed by atoms with Crippen LogP contribution in [0.2, 0.25) is 0 Å². The van der Waals surface area contributed by atoms with E-state index < -0.39 is 0 Å². The van der Waals surface area contributed by atoms with Crippen molar-refractivity contribution in [2.45, 2.75) is 6.42 Å². The van der Waals surface area contributed by atoms with Crippen molar-refractivity contribution in [3.8, 4) is 0 Å². The van der Waals surface area contributed by atoms with Gasteiger partial charge in [-0.2, -0.15) is 0 Å². The molecule has 92 valence electrons. The summed E-state index contributed by atoms with van der Waals surface area (Å²) in [5.41, 5.74) is 2.44. The Morgan fingerprint density at radius 3 is 2.56 bits per heavy atom. The summed E-state index contributed by atoms with van der Waals surface area (Å²) in [5, 5.41) is 3.75. The Bertz CT molecular complexity index is 511. The van der Waals surface area contributed by atoms with Crippen molar-refractivity contribution in [3.63, 3.8) is 0 Å².